The molecule has 7 nitrogen and oxygen atoms in total. The summed E-state index contributed by atoms with van der Waals surface area (Å²) in [5, 5.41) is 3.23. The van der Waals surface area contributed by atoms with Gasteiger partial charge in [0.15, 0.2) is 23.0 Å². The quantitative estimate of drug-likeness (QED) is 0.126. The van der Waals surface area contributed by atoms with Crippen LogP contribution in [-0.2, 0) is 29.5 Å². The number of hydrogen-bond donors (Lipinski definition) is 1. The van der Waals surface area contributed by atoms with Crippen LogP contribution in [0.4, 0.5) is 0 Å². The van der Waals surface area contributed by atoms with Gasteiger partial charge in [0.25, 0.3) is 0 Å². The molecule has 0 aromatic heterocycles. The molecule has 4 aromatic carbocycles. The highest BCUT2D eigenvalue weighted by atomic mass is 16.7. The van der Waals surface area contributed by atoms with E-state index in [4.69, 9.17) is 18.9 Å². The lowest BCUT2D eigenvalue weighted by atomic mass is 9.68. The topological polar surface area (TPSA) is 69.3 Å². The van der Waals surface area contributed by atoms with E-state index >= 15 is 0 Å². The Bertz CT molecular complexity index is 1760. The molecule has 7 rings (SSSR count). The Kier molecular flexibility index (Phi) is 11.4. The number of fused-ring (bicyclic) bond motifs is 2. The molecular formula is C45H54N2O5. The van der Waals surface area contributed by atoms with Gasteiger partial charge in [0.05, 0.1) is 14.2 Å². The van der Waals surface area contributed by atoms with Crippen LogP contribution >= 0.6 is 0 Å². The Morgan fingerprint density at radius 3 is 2.23 bits per heavy atom. The maximum atomic E-state index is 13.0. The number of hydrogen-bond acceptors (Lipinski definition) is 6. The molecule has 0 saturated carbocycles. The largest absolute Gasteiger partial charge is 0.493 e. The van der Waals surface area contributed by atoms with E-state index in [0.717, 1.165) is 80.2 Å². The zero-order valence-electron chi connectivity index (χ0n) is 31.0. The van der Waals surface area contributed by atoms with Crippen molar-refractivity contribution in [2.24, 2.45) is 0 Å². The number of ether oxygens (including phenoxy) is 4. The van der Waals surface area contributed by atoms with E-state index in [2.05, 4.69) is 83.0 Å². The van der Waals surface area contributed by atoms with Crippen LogP contribution in [0, 0.1) is 0 Å². The number of nitrogens with one attached hydrogen (secondary N) is 1. The number of rotatable bonds is 15. The fourth-order valence-corrected chi connectivity index (χ4v) is 9.17. The molecule has 1 amide bonds. The molecule has 2 heterocycles. The van der Waals surface area contributed by atoms with Gasteiger partial charge in [-0.05, 0) is 129 Å². The van der Waals surface area contributed by atoms with Crippen LogP contribution in [0.25, 0.3) is 0 Å². The first-order chi connectivity index (χ1) is 25.5. The van der Waals surface area contributed by atoms with Gasteiger partial charge in [-0.1, -0.05) is 73.2 Å². The van der Waals surface area contributed by atoms with E-state index in [9.17, 15) is 4.79 Å². The Hall–Kier alpha value is -4.49. The summed E-state index contributed by atoms with van der Waals surface area (Å²) in [5.74, 6) is 3.28. The molecule has 7 heteroatoms. The van der Waals surface area contributed by atoms with E-state index < -0.39 is 0 Å². The Morgan fingerprint density at radius 2 is 1.50 bits per heavy atom. The van der Waals surface area contributed by atoms with E-state index in [-0.39, 0.29) is 23.7 Å². The molecule has 4 aromatic rings. The van der Waals surface area contributed by atoms with Gasteiger partial charge in [0.1, 0.15) is 0 Å². The number of benzene rings is 4. The molecule has 0 bridgehead atoms. The minimum absolute atomic E-state index is 0.0863. The van der Waals surface area contributed by atoms with Crippen molar-refractivity contribution in [1.82, 2.24) is 10.2 Å². The molecule has 1 fully saturated rings. The molecule has 2 aliphatic heterocycles. The number of aryl methyl sites for hydroxylation is 2. The molecule has 274 valence electrons. The summed E-state index contributed by atoms with van der Waals surface area (Å²) >= 11 is 0. The number of nitrogens with zero attached hydrogens (tertiary/aromatic N) is 1. The lowest BCUT2D eigenvalue weighted by Crippen LogP contribution is -2.55. The number of likely N-dealkylation sites (tertiary alicyclic amines) is 1. The Labute approximate surface area is 309 Å². The number of amides is 1. The van der Waals surface area contributed by atoms with Crippen molar-refractivity contribution in [2.45, 2.75) is 88.0 Å². The second kappa shape index (κ2) is 16.5. The third-order valence-electron chi connectivity index (χ3n) is 11.9. The number of carbonyl (C=O) groups is 1. The van der Waals surface area contributed by atoms with Crippen molar-refractivity contribution in [3.63, 3.8) is 0 Å². The minimum atomic E-state index is -0.147. The smallest absolute Gasteiger partial charge is 0.231 e. The molecule has 0 radical (unpaired) electrons. The lowest BCUT2D eigenvalue weighted by Gasteiger charge is -2.50. The summed E-state index contributed by atoms with van der Waals surface area (Å²) in [6, 6.07) is 32.5. The first-order valence-corrected chi connectivity index (χ1v) is 19.3. The maximum absolute atomic E-state index is 13.0. The van der Waals surface area contributed by atoms with Crippen LogP contribution in [0.15, 0.2) is 91.0 Å². The minimum Gasteiger partial charge on any atom is -0.493 e. The average molecular weight is 703 g/mol. The molecule has 1 atom stereocenters. The Balaban J connectivity index is 1.03. The SMILES string of the molecule is COc1cc2c(cc1OC)CC1(CCCCN1CCCC(CCCNC(=O)CCc1ccc3c(c1)OCO3)(c1ccccc1)c1ccccc1)CC2. The Morgan fingerprint density at radius 1 is 0.808 bits per heavy atom. The van der Waals surface area contributed by atoms with Crippen LogP contribution in [0.1, 0.15) is 85.6 Å². The van der Waals surface area contributed by atoms with Crippen molar-refractivity contribution in [3.8, 4) is 23.0 Å². The van der Waals surface area contributed by atoms with Crippen molar-refractivity contribution in [3.05, 3.63) is 119 Å². The highest BCUT2D eigenvalue weighted by Gasteiger charge is 2.42. The summed E-state index contributed by atoms with van der Waals surface area (Å²) in [5.41, 5.74) is 6.66. The second-order valence-electron chi connectivity index (χ2n) is 14.9. The van der Waals surface area contributed by atoms with Crippen molar-refractivity contribution in [1.29, 1.82) is 0 Å². The van der Waals surface area contributed by atoms with Crippen molar-refractivity contribution in [2.75, 3.05) is 40.6 Å². The van der Waals surface area contributed by atoms with Gasteiger partial charge in [-0.15, -0.1) is 0 Å². The third-order valence-corrected chi connectivity index (χ3v) is 11.9. The van der Waals surface area contributed by atoms with E-state index in [1.54, 1.807) is 14.2 Å². The predicted octanol–water partition coefficient (Wildman–Crippen LogP) is 8.44. The highest BCUT2D eigenvalue weighted by molar-refractivity contribution is 5.76. The van der Waals surface area contributed by atoms with Crippen molar-refractivity contribution < 1.29 is 23.7 Å². The summed E-state index contributed by atoms with van der Waals surface area (Å²) in [7, 11) is 3.46. The lowest BCUT2D eigenvalue weighted by molar-refractivity contribution is -0.121. The standard InChI is InChI=1S/C45H54N2O5/c1-49-40-30-35-21-25-44(32-36(35)31-41(40)50-2)22-9-10-27-47(44)28-12-24-45(37-13-5-3-6-14-37,38-15-7-4-8-16-38)23-11-26-46-43(48)20-18-34-17-19-39-42(29-34)52-33-51-39/h3-8,13-17,19,29-31H,9-12,18,20-28,32-33H2,1-2H3,(H,46,48). The van der Waals surface area contributed by atoms with Gasteiger partial charge in [0.2, 0.25) is 12.7 Å². The molecular weight excluding hydrogens is 649 g/mol. The van der Waals surface area contributed by atoms with Gasteiger partial charge in [-0.2, -0.15) is 0 Å². The van der Waals surface area contributed by atoms with Gasteiger partial charge in [-0.25, -0.2) is 0 Å². The summed E-state index contributed by atoms with van der Waals surface area (Å²) < 4.78 is 22.3. The van der Waals surface area contributed by atoms with Crippen LogP contribution < -0.4 is 24.3 Å². The van der Waals surface area contributed by atoms with Crippen LogP contribution in [0.3, 0.4) is 0 Å². The van der Waals surface area contributed by atoms with Crippen LogP contribution in [0.5, 0.6) is 23.0 Å². The molecule has 1 N–H and O–H groups in total. The van der Waals surface area contributed by atoms with Gasteiger partial charge in [0, 0.05) is 23.9 Å². The summed E-state index contributed by atoms with van der Waals surface area (Å²) in [6.07, 6.45) is 12.3. The first-order valence-electron chi connectivity index (χ1n) is 19.3. The second-order valence-corrected chi connectivity index (χ2v) is 14.9. The molecule has 52 heavy (non-hydrogen) atoms. The van der Waals surface area contributed by atoms with Crippen LogP contribution in [-0.4, -0.2) is 57.0 Å². The fraction of sp³-hybridized carbons (Fsp3) is 0.444. The van der Waals surface area contributed by atoms with Crippen molar-refractivity contribution >= 4 is 5.91 Å². The monoisotopic (exact) mass is 702 g/mol. The maximum Gasteiger partial charge on any atom is 0.231 e. The first kappa shape index (κ1) is 35.9. The molecule has 1 aliphatic carbocycles. The number of methoxy groups -OCH3 is 2. The highest BCUT2D eigenvalue weighted by Crippen LogP contribution is 2.45. The van der Waals surface area contributed by atoms with Crippen LogP contribution in [0.2, 0.25) is 0 Å². The molecule has 1 saturated heterocycles. The van der Waals surface area contributed by atoms with E-state index in [1.165, 1.54) is 47.9 Å². The molecule has 1 spiro atoms. The van der Waals surface area contributed by atoms with Gasteiger partial charge >= 0.3 is 0 Å². The summed E-state index contributed by atoms with van der Waals surface area (Å²) in [6.45, 7) is 3.16. The normalized spacial score (nSPS) is 18.2. The number of carbonyl (C=O) groups excluding carboxylic acids is 1. The van der Waals surface area contributed by atoms with E-state index in [1.807, 2.05) is 18.2 Å². The zero-order valence-corrected chi connectivity index (χ0v) is 31.0. The molecule has 1 unspecified atom stereocenters. The summed E-state index contributed by atoms with van der Waals surface area (Å²) in [4.78, 5) is 15.8. The fourth-order valence-electron chi connectivity index (χ4n) is 9.17. The third kappa shape index (κ3) is 7.80. The predicted molar refractivity (Wildman–Crippen MR) is 206 cm³/mol. The number of piperidine rings is 1. The van der Waals surface area contributed by atoms with E-state index in [0.29, 0.717) is 19.4 Å². The zero-order chi connectivity index (χ0) is 35.8. The van der Waals surface area contributed by atoms with Gasteiger partial charge < -0.3 is 24.3 Å². The van der Waals surface area contributed by atoms with Gasteiger partial charge in [-0.3, -0.25) is 9.69 Å². The molecule has 3 aliphatic rings. The average Bonchev–Trinajstić information content (AvgIpc) is 3.67.